The maximum absolute atomic E-state index is 10.8. The Hall–Kier alpha value is -1.41. The van der Waals surface area contributed by atoms with Crippen molar-refractivity contribution < 1.29 is 4.79 Å². The second-order valence-electron chi connectivity index (χ2n) is 7.03. The fourth-order valence-electron chi connectivity index (χ4n) is 4.60. The smallest absolute Gasteiger partial charge is 0.150 e. The highest BCUT2D eigenvalue weighted by Gasteiger charge is 2.61. The molecule has 21 heavy (non-hydrogen) atoms. The van der Waals surface area contributed by atoms with E-state index < -0.39 is 0 Å². The molecule has 1 aromatic carbocycles. The molecule has 3 aliphatic rings. The van der Waals surface area contributed by atoms with Gasteiger partial charge in [-0.05, 0) is 24.3 Å². The number of carbonyl (C=O) groups is 1. The number of hydrogen-bond donors (Lipinski definition) is 0. The highest BCUT2D eigenvalue weighted by atomic mass is 16.1. The van der Waals surface area contributed by atoms with Crippen LogP contribution in [-0.2, 0) is 0 Å². The van der Waals surface area contributed by atoms with Crippen molar-refractivity contribution >= 4 is 6.29 Å². The van der Waals surface area contributed by atoms with Gasteiger partial charge in [-0.2, -0.15) is 0 Å². The van der Waals surface area contributed by atoms with Crippen LogP contribution in [-0.4, -0.2) is 29.3 Å². The van der Waals surface area contributed by atoms with Crippen LogP contribution in [0.3, 0.4) is 0 Å². The van der Waals surface area contributed by atoms with Gasteiger partial charge in [0.25, 0.3) is 0 Å². The van der Waals surface area contributed by atoms with E-state index in [-0.39, 0.29) is 0 Å². The predicted octanol–water partition coefficient (Wildman–Crippen LogP) is 3.79. The summed E-state index contributed by atoms with van der Waals surface area (Å²) in [7, 11) is 0. The molecule has 0 amide bonds. The zero-order valence-electron chi connectivity index (χ0n) is 12.7. The summed E-state index contributed by atoms with van der Waals surface area (Å²) in [5.41, 5.74) is 2.61. The summed E-state index contributed by atoms with van der Waals surface area (Å²) in [5, 5.41) is 0. The predicted molar refractivity (Wildman–Crippen MR) is 84.6 cm³/mol. The van der Waals surface area contributed by atoms with Crippen molar-refractivity contribution in [2.45, 2.75) is 50.1 Å². The van der Waals surface area contributed by atoms with Gasteiger partial charge in [0.2, 0.25) is 0 Å². The monoisotopic (exact) mass is 281 g/mol. The number of nitrogens with zero attached hydrogens (tertiary/aromatic N) is 1. The summed E-state index contributed by atoms with van der Waals surface area (Å²) in [4.78, 5) is 13.5. The first kappa shape index (κ1) is 13.3. The molecule has 0 bridgehead atoms. The van der Waals surface area contributed by atoms with E-state index in [0.29, 0.717) is 17.5 Å². The Labute approximate surface area is 126 Å². The van der Waals surface area contributed by atoms with E-state index in [4.69, 9.17) is 0 Å². The molecule has 0 N–H and O–H groups in total. The number of benzene rings is 1. The molecule has 2 heterocycles. The van der Waals surface area contributed by atoms with E-state index in [1.807, 2.05) is 12.1 Å². The van der Waals surface area contributed by atoms with Gasteiger partial charge in [-0.25, -0.2) is 0 Å². The molecule has 2 aliphatic heterocycles. The highest BCUT2D eigenvalue weighted by Crippen LogP contribution is 2.54. The lowest BCUT2D eigenvalue weighted by Gasteiger charge is -2.38. The van der Waals surface area contributed by atoms with Gasteiger partial charge in [0.05, 0.1) is 0 Å². The molecule has 2 fully saturated rings. The van der Waals surface area contributed by atoms with Gasteiger partial charge in [0.15, 0.2) is 0 Å². The Kier molecular flexibility index (Phi) is 3.04. The molecule has 0 aromatic heterocycles. The van der Waals surface area contributed by atoms with E-state index in [1.54, 1.807) is 0 Å². The molecule has 2 nitrogen and oxygen atoms in total. The lowest BCUT2D eigenvalue weighted by Crippen LogP contribution is -2.40. The van der Waals surface area contributed by atoms with Crippen molar-refractivity contribution in [2.24, 2.45) is 5.92 Å². The third-order valence-corrected chi connectivity index (χ3v) is 5.99. The molecule has 1 aliphatic carbocycles. The van der Waals surface area contributed by atoms with Crippen LogP contribution in [0.5, 0.6) is 0 Å². The van der Waals surface area contributed by atoms with Gasteiger partial charge >= 0.3 is 0 Å². The number of hydrogen-bond acceptors (Lipinski definition) is 2. The first-order chi connectivity index (χ1) is 10.2. The molecule has 5 atom stereocenters. The third-order valence-electron chi connectivity index (χ3n) is 5.99. The molecule has 2 heteroatoms. The van der Waals surface area contributed by atoms with Gasteiger partial charge < -0.3 is 0 Å². The lowest BCUT2D eigenvalue weighted by atomic mass is 9.75. The summed E-state index contributed by atoms with van der Waals surface area (Å²) in [5.74, 6) is 1.29. The molecule has 0 radical (unpaired) electrons. The average Bonchev–Trinajstić information content (AvgIpc) is 3.27. The fraction of sp³-hybridized carbons (Fsp3) is 0.526. The molecule has 1 saturated heterocycles. The largest absolute Gasteiger partial charge is 0.298 e. The molecule has 1 spiro atoms. The second kappa shape index (κ2) is 4.81. The second-order valence-corrected chi connectivity index (χ2v) is 7.03. The highest BCUT2D eigenvalue weighted by molar-refractivity contribution is 5.74. The van der Waals surface area contributed by atoms with Crippen LogP contribution < -0.4 is 0 Å². The van der Waals surface area contributed by atoms with Crippen LogP contribution in [0.1, 0.15) is 54.4 Å². The molecule has 1 aromatic rings. The van der Waals surface area contributed by atoms with E-state index in [1.165, 1.54) is 37.8 Å². The fourth-order valence-corrected chi connectivity index (χ4v) is 4.60. The lowest BCUT2D eigenvalue weighted by molar-refractivity contribution is 0.112. The Balaban J connectivity index is 1.57. The normalized spacial score (nSPS) is 38.2. The average molecular weight is 281 g/mol. The maximum atomic E-state index is 10.8. The van der Waals surface area contributed by atoms with Crippen molar-refractivity contribution in [2.75, 3.05) is 6.54 Å². The van der Waals surface area contributed by atoms with Crippen molar-refractivity contribution in [3.63, 3.8) is 0 Å². The van der Waals surface area contributed by atoms with Crippen LogP contribution >= 0.6 is 0 Å². The number of carbonyl (C=O) groups excluding carboxylic acids is 1. The molecule has 110 valence electrons. The first-order valence-corrected chi connectivity index (χ1v) is 8.25. The van der Waals surface area contributed by atoms with E-state index in [0.717, 1.165) is 17.8 Å². The Morgan fingerprint density at radius 1 is 1.24 bits per heavy atom. The summed E-state index contributed by atoms with van der Waals surface area (Å²) >= 11 is 0. The minimum absolute atomic E-state index is 0.490. The van der Waals surface area contributed by atoms with Gasteiger partial charge in [-0.15, -0.1) is 0 Å². The molecule has 5 unspecified atom stereocenters. The van der Waals surface area contributed by atoms with Crippen molar-refractivity contribution in [3.8, 4) is 0 Å². The Morgan fingerprint density at radius 3 is 2.81 bits per heavy atom. The van der Waals surface area contributed by atoms with Gasteiger partial charge in [-0.3, -0.25) is 9.69 Å². The van der Waals surface area contributed by atoms with Crippen LogP contribution in [0.15, 0.2) is 36.4 Å². The minimum atomic E-state index is 0.490. The Morgan fingerprint density at radius 2 is 2.05 bits per heavy atom. The summed E-state index contributed by atoms with van der Waals surface area (Å²) in [6, 6.07) is 8.64. The van der Waals surface area contributed by atoms with Crippen LogP contribution in [0, 0.1) is 5.92 Å². The van der Waals surface area contributed by atoms with Crippen molar-refractivity contribution in [1.82, 2.24) is 4.90 Å². The van der Waals surface area contributed by atoms with Crippen LogP contribution in [0.25, 0.3) is 0 Å². The van der Waals surface area contributed by atoms with E-state index >= 15 is 0 Å². The first-order valence-electron chi connectivity index (χ1n) is 8.25. The molecule has 4 rings (SSSR count). The zero-order valence-corrected chi connectivity index (χ0v) is 12.7. The summed E-state index contributed by atoms with van der Waals surface area (Å²) in [6.45, 7) is 3.60. The van der Waals surface area contributed by atoms with Gasteiger partial charge in [0, 0.05) is 29.6 Å². The van der Waals surface area contributed by atoms with Gasteiger partial charge in [0.1, 0.15) is 6.29 Å². The maximum Gasteiger partial charge on any atom is 0.150 e. The molecule has 1 saturated carbocycles. The minimum Gasteiger partial charge on any atom is -0.298 e. The Bertz CT molecular complexity index is 576. The quantitative estimate of drug-likeness (QED) is 0.477. The summed E-state index contributed by atoms with van der Waals surface area (Å²) < 4.78 is 0. The van der Waals surface area contributed by atoms with Gasteiger partial charge in [-0.1, -0.05) is 56.2 Å². The van der Waals surface area contributed by atoms with Crippen LogP contribution in [0.4, 0.5) is 0 Å². The summed E-state index contributed by atoms with van der Waals surface area (Å²) in [6.07, 6.45) is 11.4. The standard InChI is InChI=1S/C19H23NO/c1-14(16-7-5-15(12-21)6-8-16)18-10-9-17-4-2-3-11-19(17)13-20(18)19/h5-10,12,14,17-18H,2-4,11,13H2,1H3. The van der Waals surface area contributed by atoms with E-state index in [9.17, 15) is 4.79 Å². The topological polar surface area (TPSA) is 20.1 Å². The van der Waals surface area contributed by atoms with Crippen molar-refractivity contribution in [3.05, 3.63) is 47.5 Å². The zero-order chi connectivity index (χ0) is 14.4. The van der Waals surface area contributed by atoms with E-state index in [2.05, 4.69) is 36.1 Å². The number of rotatable bonds is 3. The van der Waals surface area contributed by atoms with Crippen molar-refractivity contribution in [1.29, 1.82) is 0 Å². The SMILES string of the molecule is CC(c1ccc(C=O)cc1)C1C=CC2CCCCC23CN13. The molecular formula is C19H23NO. The molecular weight excluding hydrogens is 258 g/mol. The number of aldehydes is 1. The third kappa shape index (κ3) is 2.00. The van der Waals surface area contributed by atoms with Crippen LogP contribution in [0.2, 0.25) is 0 Å².